The van der Waals surface area contributed by atoms with Crippen LogP contribution in [0.15, 0.2) is 72.9 Å². The number of rotatable bonds is 8. The van der Waals surface area contributed by atoms with Crippen LogP contribution in [0, 0.1) is 0 Å². The smallest absolute Gasteiger partial charge is 0.253 e. The van der Waals surface area contributed by atoms with Crippen molar-refractivity contribution in [3.63, 3.8) is 0 Å². The Bertz CT molecular complexity index is 1060. The molecular weight excluding hydrogens is 424 g/mol. The van der Waals surface area contributed by atoms with Crippen LogP contribution in [0.4, 0.5) is 11.4 Å². The first-order chi connectivity index (χ1) is 16.6. The van der Waals surface area contributed by atoms with Crippen molar-refractivity contribution in [2.45, 2.75) is 39.3 Å². The molecule has 1 aliphatic heterocycles. The number of carbonyl (C=O) groups is 1. The third kappa shape index (κ3) is 5.57. The summed E-state index contributed by atoms with van der Waals surface area (Å²) in [6.07, 6.45) is 3.85. The highest BCUT2D eigenvalue weighted by molar-refractivity contribution is 5.94. The van der Waals surface area contributed by atoms with Gasteiger partial charge in [0.15, 0.2) is 0 Å². The third-order valence-electron chi connectivity index (χ3n) is 6.58. The van der Waals surface area contributed by atoms with Gasteiger partial charge in [-0.1, -0.05) is 12.1 Å². The molecule has 0 saturated carbocycles. The predicted octanol–water partition coefficient (Wildman–Crippen LogP) is 5.07. The maximum atomic E-state index is 12.8. The van der Waals surface area contributed by atoms with E-state index in [0.717, 1.165) is 49.5 Å². The summed E-state index contributed by atoms with van der Waals surface area (Å²) in [6, 6.07) is 21.7. The first-order valence-electron chi connectivity index (χ1n) is 12.2. The maximum absolute atomic E-state index is 12.8. The zero-order valence-corrected chi connectivity index (χ0v) is 20.1. The number of likely N-dealkylation sites (tertiary alicyclic amines) is 1. The lowest BCUT2D eigenvalue weighted by molar-refractivity contribution is 0.0773. The molecule has 3 aromatic rings. The van der Waals surface area contributed by atoms with Crippen molar-refractivity contribution in [3.8, 4) is 5.75 Å². The van der Waals surface area contributed by atoms with Gasteiger partial charge in [0.25, 0.3) is 5.91 Å². The van der Waals surface area contributed by atoms with Crippen molar-refractivity contribution in [1.82, 2.24) is 14.8 Å². The highest BCUT2D eigenvalue weighted by atomic mass is 16.3. The first kappa shape index (κ1) is 23.8. The molecule has 1 fully saturated rings. The van der Waals surface area contributed by atoms with Crippen molar-refractivity contribution in [3.05, 3.63) is 84.2 Å². The van der Waals surface area contributed by atoms with Gasteiger partial charge in [0.05, 0.1) is 5.69 Å². The summed E-state index contributed by atoms with van der Waals surface area (Å²) >= 11 is 0. The van der Waals surface area contributed by atoms with Crippen molar-refractivity contribution < 1.29 is 9.90 Å². The van der Waals surface area contributed by atoms with E-state index in [4.69, 9.17) is 0 Å². The van der Waals surface area contributed by atoms with Crippen LogP contribution >= 0.6 is 0 Å². The second-order valence-corrected chi connectivity index (χ2v) is 8.74. The summed E-state index contributed by atoms with van der Waals surface area (Å²) < 4.78 is 0. The van der Waals surface area contributed by atoms with Gasteiger partial charge in [-0.2, -0.15) is 0 Å². The Labute approximate surface area is 202 Å². The third-order valence-corrected chi connectivity index (χ3v) is 6.58. The van der Waals surface area contributed by atoms with Crippen molar-refractivity contribution >= 4 is 17.3 Å². The number of piperidine rings is 1. The molecule has 1 aromatic heterocycles. The molecule has 1 saturated heterocycles. The van der Waals surface area contributed by atoms with E-state index >= 15 is 0 Å². The Morgan fingerprint density at radius 3 is 2.32 bits per heavy atom. The number of benzene rings is 2. The van der Waals surface area contributed by atoms with E-state index in [0.29, 0.717) is 24.7 Å². The Kier molecular flexibility index (Phi) is 7.80. The normalized spacial score (nSPS) is 14.6. The SMILES string of the molecule is CCN(CC)C(=O)c1ccc(N(c2cccc(O)c2)C2CCN(Cc3ccccn3)CC2)cc1. The molecule has 0 aliphatic carbocycles. The molecule has 2 aromatic carbocycles. The number of anilines is 2. The van der Waals surface area contributed by atoms with E-state index in [2.05, 4.69) is 20.9 Å². The summed E-state index contributed by atoms with van der Waals surface area (Å²) in [6.45, 7) is 8.22. The van der Waals surface area contributed by atoms with Gasteiger partial charge in [0.2, 0.25) is 0 Å². The van der Waals surface area contributed by atoms with E-state index in [-0.39, 0.29) is 11.7 Å². The van der Waals surface area contributed by atoms with Crippen molar-refractivity contribution in [2.75, 3.05) is 31.1 Å². The zero-order chi connectivity index (χ0) is 23.9. The number of nitrogens with zero attached hydrogens (tertiary/aromatic N) is 4. The van der Waals surface area contributed by atoms with Crippen LogP contribution in [0.25, 0.3) is 0 Å². The second-order valence-electron chi connectivity index (χ2n) is 8.74. The van der Waals surface area contributed by atoms with Gasteiger partial charge >= 0.3 is 0 Å². The summed E-state index contributed by atoms with van der Waals surface area (Å²) in [7, 11) is 0. The molecular formula is C28H34N4O2. The Morgan fingerprint density at radius 2 is 1.71 bits per heavy atom. The van der Waals surface area contributed by atoms with Gasteiger partial charge < -0.3 is 14.9 Å². The highest BCUT2D eigenvalue weighted by Crippen LogP contribution is 2.34. The van der Waals surface area contributed by atoms with E-state index in [9.17, 15) is 9.90 Å². The summed E-state index contributed by atoms with van der Waals surface area (Å²) in [5.74, 6) is 0.312. The number of carbonyl (C=O) groups excluding carboxylic acids is 1. The molecule has 2 heterocycles. The van der Waals surface area contributed by atoms with Gasteiger partial charge in [0, 0.05) is 68.0 Å². The number of phenolic OH excluding ortho intramolecular Hbond substituents is 1. The van der Waals surface area contributed by atoms with Crippen molar-refractivity contribution in [1.29, 1.82) is 0 Å². The fourth-order valence-electron chi connectivity index (χ4n) is 4.73. The number of aromatic nitrogens is 1. The lowest BCUT2D eigenvalue weighted by Crippen LogP contribution is -2.43. The van der Waals surface area contributed by atoms with Gasteiger partial charge in [0.1, 0.15) is 5.75 Å². The Hall–Kier alpha value is -3.38. The second kappa shape index (κ2) is 11.2. The van der Waals surface area contributed by atoms with Gasteiger partial charge in [-0.3, -0.25) is 14.7 Å². The average Bonchev–Trinajstić information content (AvgIpc) is 2.87. The van der Waals surface area contributed by atoms with Crippen LogP contribution in [0.2, 0.25) is 0 Å². The largest absolute Gasteiger partial charge is 0.508 e. The van der Waals surface area contributed by atoms with Crippen LogP contribution in [0.3, 0.4) is 0 Å². The number of hydrogen-bond donors (Lipinski definition) is 1. The zero-order valence-electron chi connectivity index (χ0n) is 20.1. The van der Waals surface area contributed by atoms with Crippen LogP contribution in [-0.4, -0.2) is 58.0 Å². The Balaban J connectivity index is 1.53. The molecule has 178 valence electrons. The lowest BCUT2D eigenvalue weighted by Gasteiger charge is -2.40. The molecule has 6 nitrogen and oxygen atoms in total. The van der Waals surface area contributed by atoms with Gasteiger partial charge in [-0.25, -0.2) is 0 Å². The first-order valence-corrected chi connectivity index (χ1v) is 12.2. The molecule has 1 N–H and O–H groups in total. The van der Waals surface area contributed by atoms with Crippen LogP contribution < -0.4 is 4.90 Å². The summed E-state index contributed by atoms with van der Waals surface area (Å²) in [5, 5.41) is 10.2. The minimum atomic E-state index is 0.0586. The van der Waals surface area contributed by atoms with Crippen LogP contribution in [-0.2, 0) is 6.54 Å². The van der Waals surface area contributed by atoms with Crippen LogP contribution in [0.1, 0.15) is 42.7 Å². The van der Waals surface area contributed by atoms with E-state index in [1.54, 1.807) is 6.07 Å². The molecule has 0 spiro atoms. The highest BCUT2D eigenvalue weighted by Gasteiger charge is 2.27. The quantitative estimate of drug-likeness (QED) is 0.511. The number of hydrogen-bond acceptors (Lipinski definition) is 5. The topological polar surface area (TPSA) is 59.9 Å². The molecule has 1 amide bonds. The molecule has 4 rings (SSSR count). The predicted molar refractivity (Wildman–Crippen MR) is 136 cm³/mol. The number of amides is 1. The number of aromatic hydroxyl groups is 1. The molecule has 6 heteroatoms. The van der Waals surface area contributed by atoms with Gasteiger partial charge in [-0.15, -0.1) is 0 Å². The number of phenols is 1. The molecule has 0 radical (unpaired) electrons. The van der Waals surface area contributed by atoms with Crippen LogP contribution in [0.5, 0.6) is 5.75 Å². The molecule has 34 heavy (non-hydrogen) atoms. The minimum Gasteiger partial charge on any atom is -0.508 e. The van der Waals surface area contributed by atoms with Crippen molar-refractivity contribution in [2.24, 2.45) is 0 Å². The molecule has 0 unspecified atom stereocenters. The molecule has 1 aliphatic rings. The molecule has 0 bridgehead atoms. The van der Waals surface area contributed by atoms with Gasteiger partial charge in [-0.05, 0) is 75.2 Å². The van der Waals surface area contributed by atoms with E-state index in [1.165, 1.54) is 0 Å². The fraction of sp³-hybridized carbons (Fsp3) is 0.357. The van der Waals surface area contributed by atoms with E-state index in [1.807, 2.05) is 79.5 Å². The van der Waals surface area contributed by atoms with E-state index < -0.39 is 0 Å². The number of pyridine rings is 1. The minimum absolute atomic E-state index is 0.0586. The Morgan fingerprint density at radius 1 is 0.971 bits per heavy atom. The molecule has 0 atom stereocenters. The maximum Gasteiger partial charge on any atom is 0.253 e. The summed E-state index contributed by atoms with van der Waals surface area (Å²) in [5.41, 5.74) is 3.80. The summed E-state index contributed by atoms with van der Waals surface area (Å²) in [4.78, 5) is 23.8. The monoisotopic (exact) mass is 458 g/mol. The standard InChI is InChI=1S/C28H34N4O2/c1-3-31(4-2)28(34)22-11-13-24(14-12-22)32(26-9-7-10-27(33)20-26)25-15-18-30(19-16-25)21-23-8-5-6-17-29-23/h5-14,17,20,25,33H,3-4,15-16,18-19,21H2,1-2H3. The average molecular weight is 459 g/mol. The fourth-order valence-corrected chi connectivity index (χ4v) is 4.73. The lowest BCUT2D eigenvalue weighted by atomic mass is 10.0.